The van der Waals surface area contributed by atoms with Crippen molar-refractivity contribution in [2.45, 2.75) is 73.3 Å². The van der Waals surface area contributed by atoms with Crippen molar-refractivity contribution in [1.29, 1.82) is 0 Å². The van der Waals surface area contributed by atoms with Crippen molar-refractivity contribution in [1.82, 2.24) is 5.32 Å². The third kappa shape index (κ3) is 5.82. The van der Waals surface area contributed by atoms with Crippen molar-refractivity contribution in [2.24, 2.45) is 22.7 Å². The third-order valence-electron chi connectivity index (χ3n) is 4.35. The zero-order chi connectivity index (χ0) is 15.6. The summed E-state index contributed by atoms with van der Waals surface area (Å²) in [5.74, 6) is 0.972. The molecule has 1 saturated carbocycles. The molecule has 1 fully saturated rings. The zero-order valence-electron chi connectivity index (χ0n) is 14.1. The van der Waals surface area contributed by atoms with Gasteiger partial charge in [-0.1, -0.05) is 34.6 Å². The third-order valence-corrected chi connectivity index (χ3v) is 4.35. The summed E-state index contributed by atoms with van der Waals surface area (Å²) in [7, 11) is 0. The van der Waals surface area contributed by atoms with E-state index in [0.717, 1.165) is 12.8 Å². The number of amides is 1. The number of carbonyl (C=O) groups is 1. The maximum atomic E-state index is 12.4. The normalized spacial score (nSPS) is 27.9. The molecule has 2 N–H and O–H groups in total. The van der Waals surface area contributed by atoms with Crippen LogP contribution >= 0.6 is 0 Å². The summed E-state index contributed by atoms with van der Waals surface area (Å²) in [6.45, 7) is 13.4. The van der Waals surface area contributed by atoms with Crippen LogP contribution in [0, 0.1) is 22.7 Å². The van der Waals surface area contributed by atoms with Crippen molar-refractivity contribution < 1.29 is 9.90 Å². The van der Waals surface area contributed by atoms with E-state index >= 15 is 0 Å². The van der Waals surface area contributed by atoms with Crippen LogP contribution in [0.15, 0.2) is 0 Å². The molecule has 3 unspecified atom stereocenters. The second-order valence-electron chi connectivity index (χ2n) is 8.55. The Hall–Kier alpha value is -0.570. The van der Waals surface area contributed by atoms with Crippen LogP contribution in [0.25, 0.3) is 0 Å². The Morgan fingerprint density at radius 1 is 1.40 bits per heavy atom. The number of hydrogen-bond acceptors (Lipinski definition) is 2. The first-order valence-corrected chi connectivity index (χ1v) is 7.96. The average Bonchev–Trinajstić information content (AvgIpc) is 2.21. The Morgan fingerprint density at radius 3 is 2.50 bits per heavy atom. The summed E-state index contributed by atoms with van der Waals surface area (Å²) in [4.78, 5) is 12.4. The molecule has 1 aliphatic carbocycles. The molecule has 0 radical (unpaired) electrons. The summed E-state index contributed by atoms with van der Waals surface area (Å²) >= 11 is 0. The first-order valence-electron chi connectivity index (χ1n) is 7.96. The van der Waals surface area contributed by atoms with Crippen LogP contribution in [0.4, 0.5) is 0 Å². The maximum absolute atomic E-state index is 12.4. The minimum Gasteiger partial charge on any atom is -0.393 e. The number of aliphatic hydroxyl groups is 1. The lowest BCUT2D eigenvalue weighted by molar-refractivity contribution is -0.128. The highest BCUT2D eigenvalue weighted by Crippen LogP contribution is 2.41. The smallest absolute Gasteiger partial charge is 0.223 e. The van der Waals surface area contributed by atoms with Gasteiger partial charge in [-0.25, -0.2) is 0 Å². The lowest BCUT2D eigenvalue weighted by Crippen LogP contribution is -2.42. The predicted octanol–water partition coefficient (Wildman–Crippen LogP) is 3.36. The Balaban J connectivity index is 2.50. The molecule has 3 nitrogen and oxygen atoms in total. The number of aliphatic hydroxyl groups excluding tert-OH is 1. The van der Waals surface area contributed by atoms with E-state index in [1.165, 1.54) is 6.42 Å². The Bertz CT molecular complexity index is 334. The van der Waals surface area contributed by atoms with Crippen molar-refractivity contribution >= 4 is 5.91 Å². The Labute approximate surface area is 124 Å². The van der Waals surface area contributed by atoms with E-state index in [1.807, 2.05) is 0 Å². The predicted molar refractivity (Wildman–Crippen MR) is 83.4 cm³/mol. The SMILES string of the molecule is CC(O)CC(C)(C)CNC(=O)C1CC(C)CC(C)(C)C1. The van der Waals surface area contributed by atoms with Crippen LogP contribution in [0.1, 0.15) is 67.2 Å². The summed E-state index contributed by atoms with van der Waals surface area (Å²) < 4.78 is 0. The van der Waals surface area contributed by atoms with Gasteiger partial charge in [-0.2, -0.15) is 0 Å². The van der Waals surface area contributed by atoms with Gasteiger partial charge in [-0.05, 0) is 49.4 Å². The van der Waals surface area contributed by atoms with E-state index in [9.17, 15) is 9.90 Å². The first kappa shape index (κ1) is 17.5. The molecule has 3 atom stereocenters. The molecule has 0 bridgehead atoms. The molecular formula is C17H33NO2. The fourth-order valence-electron chi connectivity index (χ4n) is 3.89. The topological polar surface area (TPSA) is 49.3 Å². The van der Waals surface area contributed by atoms with E-state index in [2.05, 4.69) is 39.9 Å². The summed E-state index contributed by atoms with van der Waals surface area (Å²) in [6.07, 6.45) is 3.59. The second-order valence-corrected chi connectivity index (χ2v) is 8.55. The Kier molecular flexibility index (Phi) is 5.65. The molecule has 0 aromatic rings. The van der Waals surface area contributed by atoms with Crippen LogP contribution in [-0.4, -0.2) is 23.7 Å². The zero-order valence-corrected chi connectivity index (χ0v) is 14.1. The lowest BCUT2D eigenvalue weighted by Gasteiger charge is -2.38. The molecule has 1 amide bonds. The molecule has 0 heterocycles. The second kappa shape index (κ2) is 6.46. The lowest BCUT2D eigenvalue weighted by atomic mass is 9.68. The number of rotatable bonds is 5. The molecule has 3 heteroatoms. The fraction of sp³-hybridized carbons (Fsp3) is 0.941. The largest absolute Gasteiger partial charge is 0.393 e. The van der Waals surface area contributed by atoms with Gasteiger partial charge in [0, 0.05) is 12.5 Å². The van der Waals surface area contributed by atoms with Crippen LogP contribution < -0.4 is 5.32 Å². The number of carbonyl (C=O) groups excluding carboxylic acids is 1. The molecule has 1 rings (SSSR count). The van der Waals surface area contributed by atoms with Gasteiger partial charge in [0.25, 0.3) is 0 Å². The minimum atomic E-state index is -0.324. The summed E-state index contributed by atoms with van der Waals surface area (Å²) in [5, 5.41) is 12.6. The van der Waals surface area contributed by atoms with E-state index in [1.54, 1.807) is 6.92 Å². The van der Waals surface area contributed by atoms with Crippen molar-refractivity contribution in [3.8, 4) is 0 Å². The van der Waals surface area contributed by atoms with E-state index in [0.29, 0.717) is 18.9 Å². The number of nitrogens with one attached hydrogen (secondary N) is 1. The quantitative estimate of drug-likeness (QED) is 0.813. The highest BCUT2D eigenvalue weighted by Gasteiger charge is 2.35. The average molecular weight is 283 g/mol. The highest BCUT2D eigenvalue weighted by molar-refractivity contribution is 5.78. The van der Waals surface area contributed by atoms with E-state index < -0.39 is 0 Å². The van der Waals surface area contributed by atoms with Gasteiger partial charge in [-0.15, -0.1) is 0 Å². The van der Waals surface area contributed by atoms with Gasteiger partial charge in [0.05, 0.1) is 6.10 Å². The molecule has 0 aromatic heterocycles. The first-order chi connectivity index (χ1) is 9.01. The highest BCUT2D eigenvalue weighted by atomic mass is 16.3. The van der Waals surface area contributed by atoms with Crippen LogP contribution in [0.3, 0.4) is 0 Å². The van der Waals surface area contributed by atoms with Gasteiger partial charge >= 0.3 is 0 Å². The molecule has 1 aliphatic rings. The van der Waals surface area contributed by atoms with Crippen molar-refractivity contribution in [2.75, 3.05) is 6.54 Å². The van der Waals surface area contributed by atoms with Gasteiger partial charge in [0.15, 0.2) is 0 Å². The van der Waals surface area contributed by atoms with E-state index in [-0.39, 0.29) is 28.8 Å². The monoisotopic (exact) mass is 283 g/mol. The van der Waals surface area contributed by atoms with Crippen molar-refractivity contribution in [3.05, 3.63) is 0 Å². The van der Waals surface area contributed by atoms with Crippen molar-refractivity contribution in [3.63, 3.8) is 0 Å². The molecule has 0 saturated heterocycles. The maximum Gasteiger partial charge on any atom is 0.223 e. The number of hydrogen-bond donors (Lipinski definition) is 2. The summed E-state index contributed by atoms with van der Waals surface area (Å²) in [5.41, 5.74) is 0.217. The molecule has 20 heavy (non-hydrogen) atoms. The summed E-state index contributed by atoms with van der Waals surface area (Å²) in [6, 6.07) is 0. The minimum absolute atomic E-state index is 0.0559. The standard InChI is InChI=1S/C17H33NO2/c1-12-7-14(10-16(3,4)8-12)15(20)18-11-17(5,6)9-13(2)19/h12-14,19H,7-11H2,1-6H3,(H,18,20). The molecular weight excluding hydrogens is 250 g/mol. The molecule has 0 aromatic carbocycles. The van der Waals surface area contributed by atoms with E-state index in [4.69, 9.17) is 0 Å². The van der Waals surface area contributed by atoms with Gasteiger partial charge in [-0.3, -0.25) is 4.79 Å². The molecule has 0 spiro atoms. The fourth-order valence-corrected chi connectivity index (χ4v) is 3.89. The van der Waals surface area contributed by atoms with Gasteiger partial charge in [0.2, 0.25) is 5.91 Å². The Morgan fingerprint density at radius 2 is 2.00 bits per heavy atom. The van der Waals surface area contributed by atoms with Gasteiger partial charge in [0.1, 0.15) is 0 Å². The van der Waals surface area contributed by atoms with Crippen LogP contribution in [0.5, 0.6) is 0 Å². The van der Waals surface area contributed by atoms with Crippen LogP contribution in [-0.2, 0) is 4.79 Å². The van der Waals surface area contributed by atoms with Crippen LogP contribution in [0.2, 0.25) is 0 Å². The molecule has 0 aliphatic heterocycles. The van der Waals surface area contributed by atoms with Gasteiger partial charge < -0.3 is 10.4 Å². The molecule has 118 valence electrons.